The van der Waals surface area contributed by atoms with Gasteiger partial charge < -0.3 is 9.32 Å². The molecule has 0 radical (unpaired) electrons. The third-order valence-corrected chi connectivity index (χ3v) is 2.97. The Labute approximate surface area is 113 Å². The van der Waals surface area contributed by atoms with Crippen molar-refractivity contribution in [3.63, 3.8) is 0 Å². The van der Waals surface area contributed by atoms with E-state index < -0.39 is 0 Å². The zero-order chi connectivity index (χ0) is 13.9. The smallest absolute Gasteiger partial charge is 0.290 e. The predicted octanol–water partition coefficient (Wildman–Crippen LogP) is 3.72. The molecule has 0 aliphatic carbocycles. The SMILES string of the molecule is CC(C)(C)N(Cc1ccccc1)C(=O)c1ccco1. The molecule has 19 heavy (non-hydrogen) atoms. The molecule has 0 saturated carbocycles. The quantitative estimate of drug-likeness (QED) is 0.839. The van der Waals surface area contributed by atoms with Gasteiger partial charge in [-0.15, -0.1) is 0 Å². The number of amides is 1. The van der Waals surface area contributed by atoms with Gasteiger partial charge in [-0.2, -0.15) is 0 Å². The normalized spacial score (nSPS) is 11.3. The summed E-state index contributed by atoms with van der Waals surface area (Å²) in [5.74, 6) is 0.298. The fraction of sp³-hybridized carbons (Fsp3) is 0.312. The highest BCUT2D eigenvalue weighted by Crippen LogP contribution is 2.20. The number of nitrogens with zero attached hydrogens (tertiary/aromatic N) is 1. The largest absolute Gasteiger partial charge is 0.459 e. The van der Waals surface area contributed by atoms with E-state index in [-0.39, 0.29) is 11.4 Å². The lowest BCUT2D eigenvalue weighted by Gasteiger charge is -2.35. The molecule has 3 heteroatoms. The zero-order valence-corrected chi connectivity index (χ0v) is 11.6. The fourth-order valence-electron chi connectivity index (χ4n) is 1.91. The van der Waals surface area contributed by atoms with E-state index >= 15 is 0 Å². The van der Waals surface area contributed by atoms with Gasteiger partial charge in [-0.05, 0) is 38.5 Å². The molecule has 100 valence electrons. The molecule has 2 aromatic rings. The lowest BCUT2D eigenvalue weighted by molar-refractivity contribution is 0.0526. The Hall–Kier alpha value is -2.03. The highest BCUT2D eigenvalue weighted by Gasteiger charge is 2.28. The molecule has 0 aliphatic rings. The highest BCUT2D eigenvalue weighted by molar-refractivity contribution is 5.91. The molecule has 1 aromatic heterocycles. The molecular weight excluding hydrogens is 238 g/mol. The van der Waals surface area contributed by atoms with Gasteiger partial charge in [0, 0.05) is 12.1 Å². The van der Waals surface area contributed by atoms with E-state index in [4.69, 9.17) is 4.42 Å². The summed E-state index contributed by atoms with van der Waals surface area (Å²) < 4.78 is 5.22. The fourth-order valence-corrected chi connectivity index (χ4v) is 1.91. The van der Waals surface area contributed by atoms with Crippen LogP contribution in [0.3, 0.4) is 0 Å². The maximum Gasteiger partial charge on any atom is 0.290 e. The average molecular weight is 257 g/mol. The first-order valence-electron chi connectivity index (χ1n) is 6.38. The molecule has 0 unspecified atom stereocenters. The van der Waals surface area contributed by atoms with Crippen LogP contribution < -0.4 is 0 Å². The molecule has 1 amide bonds. The van der Waals surface area contributed by atoms with Crippen LogP contribution in [0, 0.1) is 0 Å². The van der Waals surface area contributed by atoms with Crippen molar-refractivity contribution in [2.45, 2.75) is 32.9 Å². The Morgan fingerprint density at radius 2 is 1.79 bits per heavy atom. The van der Waals surface area contributed by atoms with Gasteiger partial charge in [0.15, 0.2) is 5.76 Å². The summed E-state index contributed by atoms with van der Waals surface area (Å²) in [6, 6.07) is 13.4. The Morgan fingerprint density at radius 3 is 2.32 bits per heavy atom. The maximum atomic E-state index is 12.5. The van der Waals surface area contributed by atoms with Crippen LogP contribution in [0.25, 0.3) is 0 Å². The van der Waals surface area contributed by atoms with Crippen molar-refractivity contribution in [2.24, 2.45) is 0 Å². The number of hydrogen-bond donors (Lipinski definition) is 0. The zero-order valence-electron chi connectivity index (χ0n) is 11.6. The van der Waals surface area contributed by atoms with Gasteiger partial charge in [-0.25, -0.2) is 0 Å². The third kappa shape index (κ3) is 3.25. The van der Waals surface area contributed by atoms with Crippen LogP contribution in [0.15, 0.2) is 53.1 Å². The summed E-state index contributed by atoms with van der Waals surface area (Å²) in [4.78, 5) is 14.3. The van der Waals surface area contributed by atoms with Crippen LogP contribution in [0.1, 0.15) is 36.9 Å². The van der Waals surface area contributed by atoms with Crippen LogP contribution in [0.2, 0.25) is 0 Å². The molecule has 0 N–H and O–H groups in total. The Bertz CT molecular complexity index is 524. The summed E-state index contributed by atoms with van der Waals surface area (Å²) in [6.45, 7) is 6.65. The summed E-state index contributed by atoms with van der Waals surface area (Å²) >= 11 is 0. The van der Waals surface area contributed by atoms with Crippen LogP contribution in [-0.4, -0.2) is 16.3 Å². The molecule has 0 fully saturated rings. The topological polar surface area (TPSA) is 33.5 Å². The molecule has 1 aromatic carbocycles. The second-order valence-electron chi connectivity index (χ2n) is 5.53. The lowest BCUT2D eigenvalue weighted by Crippen LogP contribution is -2.44. The van der Waals surface area contributed by atoms with Gasteiger partial charge in [0.25, 0.3) is 5.91 Å². The van der Waals surface area contributed by atoms with Crippen molar-refractivity contribution in [3.05, 3.63) is 60.1 Å². The van der Waals surface area contributed by atoms with E-state index in [0.717, 1.165) is 5.56 Å². The van der Waals surface area contributed by atoms with Crippen molar-refractivity contribution in [2.75, 3.05) is 0 Å². The minimum absolute atomic E-state index is 0.0821. The lowest BCUT2D eigenvalue weighted by atomic mass is 10.0. The summed E-state index contributed by atoms with van der Waals surface area (Å²) in [5.41, 5.74) is 0.844. The molecule has 0 spiro atoms. The van der Waals surface area contributed by atoms with Gasteiger partial charge in [0.05, 0.1) is 6.26 Å². The van der Waals surface area contributed by atoms with Crippen LogP contribution in [0.5, 0.6) is 0 Å². The molecule has 0 atom stereocenters. The van der Waals surface area contributed by atoms with E-state index in [1.807, 2.05) is 56.0 Å². The Kier molecular flexibility index (Phi) is 3.74. The van der Waals surface area contributed by atoms with Gasteiger partial charge in [0.1, 0.15) is 0 Å². The predicted molar refractivity (Wildman–Crippen MR) is 74.8 cm³/mol. The van der Waals surface area contributed by atoms with E-state index in [1.165, 1.54) is 6.26 Å². The van der Waals surface area contributed by atoms with Crippen molar-refractivity contribution in [3.8, 4) is 0 Å². The average Bonchev–Trinajstić information content (AvgIpc) is 2.89. The molecule has 2 rings (SSSR count). The standard InChI is InChI=1S/C16H19NO2/c1-16(2,3)17(12-13-8-5-4-6-9-13)15(18)14-10-7-11-19-14/h4-11H,12H2,1-3H3. The Morgan fingerprint density at radius 1 is 1.11 bits per heavy atom. The first kappa shape index (κ1) is 13.4. The van der Waals surface area contributed by atoms with Gasteiger partial charge >= 0.3 is 0 Å². The van der Waals surface area contributed by atoms with Crippen molar-refractivity contribution >= 4 is 5.91 Å². The summed E-state index contributed by atoms with van der Waals surface area (Å²) in [7, 11) is 0. The maximum absolute atomic E-state index is 12.5. The Balaban J connectivity index is 2.25. The number of hydrogen-bond acceptors (Lipinski definition) is 2. The van der Waals surface area contributed by atoms with E-state index in [2.05, 4.69) is 0 Å². The monoisotopic (exact) mass is 257 g/mol. The molecule has 3 nitrogen and oxygen atoms in total. The molecule has 0 aliphatic heterocycles. The van der Waals surface area contributed by atoms with Crippen LogP contribution in [-0.2, 0) is 6.54 Å². The molecule has 1 heterocycles. The summed E-state index contributed by atoms with van der Waals surface area (Å²) in [5, 5.41) is 0. The van der Waals surface area contributed by atoms with Crippen LogP contribution in [0.4, 0.5) is 0 Å². The van der Waals surface area contributed by atoms with Crippen molar-refractivity contribution in [1.82, 2.24) is 4.90 Å². The summed E-state index contributed by atoms with van der Waals surface area (Å²) in [6.07, 6.45) is 1.52. The van der Waals surface area contributed by atoms with Gasteiger partial charge in [0.2, 0.25) is 0 Å². The number of carbonyl (C=O) groups is 1. The minimum atomic E-state index is -0.264. The molecular formula is C16H19NO2. The molecule has 0 bridgehead atoms. The number of benzene rings is 1. The second kappa shape index (κ2) is 5.31. The number of furan rings is 1. The number of carbonyl (C=O) groups excluding carboxylic acids is 1. The second-order valence-corrected chi connectivity index (χ2v) is 5.53. The van der Waals surface area contributed by atoms with Crippen molar-refractivity contribution < 1.29 is 9.21 Å². The molecule has 0 saturated heterocycles. The number of rotatable bonds is 3. The van der Waals surface area contributed by atoms with Gasteiger partial charge in [-0.3, -0.25) is 4.79 Å². The first-order valence-corrected chi connectivity index (χ1v) is 6.38. The minimum Gasteiger partial charge on any atom is -0.459 e. The van der Waals surface area contributed by atoms with Gasteiger partial charge in [-0.1, -0.05) is 30.3 Å². The third-order valence-electron chi connectivity index (χ3n) is 2.97. The van der Waals surface area contributed by atoms with E-state index in [1.54, 1.807) is 12.1 Å². The van der Waals surface area contributed by atoms with Crippen molar-refractivity contribution in [1.29, 1.82) is 0 Å². The highest BCUT2D eigenvalue weighted by atomic mass is 16.3. The van der Waals surface area contributed by atoms with E-state index in [0.29, 0.717) is 12.3 Å². The van der Waals surface area contributed by atoms with Crippen LogP contribution >= 0.6 is 0 Å². The first-order chi connectivity index (χ1) is 8.98. The van der Waals surface area contributed by atoms with E-state index in [9.17, 15) is 4.79 Å².